The predicted octanol–water partition coefficient (Wildman–Crippen LogP) is 7.21. The van der Waals surface area contributed by atoms with Crippen LogP contribution >= 0.6 is 0 Å². The van der Waals surface area contributed by atoms with E-state index in [0.717, 1.165) is 28.2 Å². The number of hydrogen-bond donors (Lipinski definition) is 1. The SMILES string of the molecule is CCOc1cccc(-c2ccc(COc3cccc([C@H](C)CC(=O)O)c3)cc2C(C)(C)C)c1. The monoisotopic (exact) mass is 446 g/mol. The van der Waals surface area contributed by atoms with Crippen LogP contribution in [0.1, 0.15) is 63.6 Å². The van der Waals surface area contributed by atoms with Crippen LogP contribution in [0.15, 0.2) is 66.7 Å². The highest BCUT2D eigenvalue weighted by atomic mass is 16.5. The Balaban J connectivity index is 1.83. The van der Waals surface area contributed by atoms with Gasteiger partial charge in [0.25, 0.3) is 0 Å². The van der Waals surface area contributed by atoms with Crippen LogP contribution in [0.2, 0.25) is 0 Å². The Morgan fingerprint density at radius 2 is 1.64 bits per heavy atom. The van der Waals surface area contributed by atoms with Crippen molar-refractivity contribution in [2.45, 2.75) is 59.0 Å². The summed E-state index contributed by atoms with van der Waals surface area (Å²) in [6.07, 6.45) is 0.102. The molecule has 0 unspecified atom stereocenters. The maximum Gasteiger partial charge on any atom is 0.303 e. The number of ether oxygens (including phenoxy) is 2. The van der Waals surface area contributed by atoms with E-state index < -0.39 is 5.97 Å². The number of carboxylic acids is 1. The van der Waals surface area contributed by atoms with Gasteiger partial charge in [0.2, 0.25) is 0 Å². The molecule has 33 heavy (non-hydrogen) atoms. The van der Waals surface area contributed by atoms with Crippen LogP contribution < -0.4 is 9.47 Å². The van der Waals surface area contributed by atoms with Gasteiger partial charge >= 0.3 is 5.97 Å². The predicted molar refractivity (Wildman–Crippen MR) is 133 cm³/mol. The molecule has 0 saturated carbocycles. The summed E-state index contributed by atoms with van der Waals surface area (Å²) >= 11 is 0. The highest BCUT2D eigenvalue weighted by molar-refractivity contribution is 5.70. The molecule has 174 valence electrons. The van der Waals surface area contributed by atoms with Gasteiger partial charge in [-0.25, -0.2) is 0 Å². The first kappa shape index (κ1) is 24.4. The summed E-state index contributed by atoms with van der Waals surface area (Å²) in [6.45, 7) is 11.6. The Bertz CT molecular complexity index is 1090. The summed E-state index contributed by atoms with van der Waals surface area (Å²) < 4.78 is 11.8. The Labute approximate surface area is 197 Å². The molecule has 0 bridgehead atoms. The lowest BCUT2D eigenvalue weighted by molar-refractivity contribution is -0.137. The smallest absolute Gasteiger partial charge is 0.303 e. The highest BCUT2D eigenvalue weighted by Crippen LogP contribution is 2.35. The summed E-state index contributed by atoms with van der Waals surface area (Å²) in [7, 11) is 0. The van der Waals surface area contributed by atoms with Gasteiger partial charge in [0.05, 0.1) is 13.0 Å². The molecule has 4 nitrogen and oxygen atoms in total. The minimum absolute atomic E-state index is 0.0425. The summed E-state index contributed by atoms with van der Waals surface area (Å²) in [4.78, 5) is 11.0. The normalized spacial score (nSPS) is 12.3. The fourth-order valence-corrected chi connectivity index (χ4v) is 3.93. The molecule has 0 saturated heterocycles. The van der Waals surface area contributed by atoms with Gasteiger partial charge in [0.15, 0.2) is 0 Å². The molecule has 0 heterocycles. The van der Waals surface area contributed by atoms with Gasteiger partial charge in [-0.05, 0) is 70.3 Å². The van der Waals surface area contributed by atoms with Crippen LogP contribution in [-0.4, -0.2) is 17.7 Å². The van der Waals surface area contributed by atoms with Crippen LogP contribution in [0.25, 0.3) is 11.1 Å². The standard InChI is InChI=1S/C29H34O4/c1-6-32-24-11-8-10-23(18-24)26-14-13-21(16-27(26)29(3,4)5)19-33-25-12-7-9-22(17-25)20(2)15-28(30)31/h7-14,16-18,20H,6,15,19H2,1-5H3,(H,30,31)/t20-/m1/s1. The lowest BCUT2D eigenvalue weighted by atomic mass is 9.81. The largest absolute Gasteiger partial charge is 0.494 e. The molecule has 0 radical (unpaired) electrons. The van der Waals surface area contributed by atoms with E-state index in [9.17, 15) is 4.79 Å². The summed E-state index contributed by atoms with van der Waals surface area (Å²) in [5, 5.41) is 9.07. The number of benzene rings is 3. The fraction of sp³-hybridized carbons (Fsp3) is 0.345. The van der Waals surface area contributed by atoms with Crippen molar-refractivity contribution in [1.82, 2.24) is 0 Å². The van der Waals surface area contributed by atoms with Gasteiger partial charge in [0.1, 0.15) is 18.1 Å². The maximum atomic E-state index is 11.0. The molecule has 3 rings (SSSR count). The molecule has 0 aliphatic rings. The van der Waals surface area contributed by atoms with E-state index in [4.69, 9.17) is 14.6 Å². The van der Waals surface area contributed by atoms with Crippen molar-refractivity contribution >= 4 is 5.97 Å². The highest BCUT2D eigenvalue weighted by Gasteiger charge is 2.20. The fourth-order valence-electron chi connectivity index (χ4n) is 3.93. The van der Waals surface area contributed by atoms with Gasteiger partial charge in [0, 0.05) is 0 Å². The zero-order chi connectivity index (χ0) is 24.0. The molecule has 3 aromatic carbocycles. The molecule has 4 heteroatoms. The van der Waals surface area contributed by atoms with Gasteiger partial charge in [-0.2, -0.15) is 0 Å². The lowest BCUT2D eigenvalue weighted by Gasteiger charge is -2.24. The zero-order valence-corrected chi connectivity index (χ0v) is 20.2. The van der Waals surface area contributed by atoms with E-state index in [0.29, 0.717) is 13.2 Å². The first-order valence-corrected chi connectivity index (χ1v) is 11.5. The first-order valence-electron chi connectivity index (χ1n) is 11.5. The van der Waals surface area contributed by atoms with Gasteiger partial charge in [-0.3, -0.25) is 4.79 Å². The minimum atomic E-state index is -0.796. The molecular formula is C29H34O4. The molecule has 0 fully saturated rings. The topological polar surface area (TPSA) is 55.8 Å². The van der Waals surface area contributed by atoms with Crippen molar-refractivity contribution < 1.29 is 19.4 Å². The van der Waals surface area contributed by atoms with E-state index in [1.807, 2.05) is 50.2 Å². The average Bonchev–Trinajstić information content (AvgIpc) is 2.77. The molecule has 1 atom stereocenters. The van der Waals surface area contributed by atoms with Crippen molar-refractivity contribution in [3.8, 4) is 22.6 Å². The van der Waals surface area contributed by atoms with Crippen molar-refractivity contribution in [3.63, 3.8) is 0 Å². The summed E-state index contributed by atoms with van der Waals surface area (Å²) in [6, 6.07) is 22.4. The third-order valence-corrected chi connectivity index (χ3v) is 5.66. The van der Waals surface area contributed by atoms with Gasteiger partial charge in [-0.1, -0.05) is 70.2 Å². The maximum absolute atomic E-state index is 11.0. The molecule has 0 spiro atoms. The van der Waals surface area contributed by atoms with Crippen molar-refractivity contribution in [2.24, 2.45) is 0 Å². The van der Waals surface area contributed by atoms with Crippen LogP contribution in [0, 0.1) is 0 Å². The number of hydrogen-bond acceptors (Lipinski definition) is 3. The molecule has 0 aliphatic heterocycles. The quantitative estimate of drug-likeness (QED) is 0.377. The molecular weight excluding hydrogens is 412 g/mol. The van der Waals surface area contributed by atoms with Gasteiger partial charge < -0.3 is 14.6 Å². The average molecular weight is 447 g/mol. The van der Waals surface area contributed by atoms with E-state index in [2.05, 4.69) is 51.1 Å². The third kappa shape index (κ3) is 6.61. The Kier molecular flexibility index (Phi) is 7.80. The second-order valence-corrected chi connectivity index (χ2v) is 9.45. The molecule has 1 N–H and O–H groups in total. The zero-order valence-electron chi connectivity index (χ0n) is 20.2. The first-order chi connectivity index (χ1) is 15.7. The number of carbonyl (C=O) groups is 1. The summed E-state index contributed by atoms with van der Waals surface area (Å²) in [5.41, 5.74) is 5.60. The minimum Gasteiger partial charge on any atom is -0.494 e. The molecule has 0 aliphatic carbocycles. The van der Waals surface area contributed by atoms with E-state index >= 15 is 0 Å². The number of aliphatic carboxylic acids is 1. The lowest BCUT2D eigenvalue weighted by Crippen LogP contribution is -2.14. The van der Waals surface area contributed by atoms with E-state index in [-0.39, 0.29) is 17.8 Å². The van der Waals surface area contributed by atoms with Crippen LogP contribution in [0.3, 0.4) is 0 Å². The van der Waals surface area contributed by atoms with E-state index in [1.54, 1.807) is 0 Å². The Morgan fingerprint density at radius 3 is 2.30 bits per heavy atom. The molecule has 3 aromatic rings. The van der Waals surface area contributed by atoms with Gasteiger partial charge in [-0.15, -0.1) is 0 Å². The van der Waals surface area contributed by atoms with Crippen LogP contribution in [-0.2, 0) is 16.8 Å². The second kappa shape index (κ2) is 10.6. The van der Waals surface area contributed by atoms with Crippen LogP contribution in [0.4, 0.5) is 0 Å². The van der Waals surface area contributed by atoms with Crippen molar-refractivity contribution in [3.05, 3.63) is 83.4 Å². The summed E-state index contributed by atoms with van der Waals surface area (Å²) in [5.74, 6) is 0.760. The molecule has 0 amide bonds. The second-order valence-electron chi connectivity index (χ2n) is 9.45. The third-order valence-electron chi connectivity index (χ3n) is 5.66. The van der Waals surface area contributed by atoms with Crippen molar-refractivity contribution in [1.29, 1.82) is 0 Å². The Hall–Kier alpha value is -3.27. The van der Waals surface area contributed by atoms with Crippen molar-refractivity contribution in [2.75, 3.05) is 6.61 Å². The number of rotatable bonds is 9. The van der Waals surface area contributed by atoms with Crippen LogP contribution in [0.5, 0.6) is 11.5 Å². The molecule has 0 aromatic heterocycles. The Morgan fingerprint density at radius 1 is 0.939 bits per heavy atom. The number of carboxylic acid groups (broad SMARTS) is 1. The van der Waals surface area contributed by atoms with E-state index in [1.165, 1.54) is 11.1 Å².